The van der Waals surface area contributed by atoms with Gasteiger partial charge in [-0.3, -0.25) is 14.4 Å². The van der Waals surface area contributed by atoms with E-state index in [-0.39, 0.29) is 51.7 Å². The van der Waals surface area contributed by atoms with E-state index in [0.717, 1.165) is 0 Å². The fourth-order valence-electron chi connectivity index (χ4n) is 1.17. The van der Waals surface area contributed by atoms with Crippen molar-refractivity contribution in [2.24, 2.45) is 0 Å². The first-order valence-corrected chi connectivity index (χ1v) is 9.38. The monoisotopic (exact) mass is 440 g/mol. The Kier molecular flexibility index (Phi) is 27.9. The molecule has 7 heteroatoms. The summed E-state index contributed by atoms with van der Waals surface area (Å²) in [7, 11) is 0. The molecular weight excluding hydrogens is 404 g/mol. The summed E-state index contributed by atoms with van der Waals surface area (Å²) in [5.41, 5.74) is 0. The minimum absolute atomic E-state index is 0. The van der Waals surface area contributed by atoms with E-state index in [1.807, 2.05) is 0 Å². The van der Waals surface area contributed by atoms with Crippen LogP contribution in [-0.2, 0) is 31.5 Å². The van der Waals surface area contributed by atoms with Crippen LogP contribution in [-0.4, -0.2) is 32.7 Å². The molecule has 164 valence electrons. The van der Waals surface area contributed by atoms with Crippen molar-refractivity contribution < 1.29 is 46.8 Å². The molecule has 0 aliphatic rings. The van der Waals surface area contributed by atoms with Gasteiger partial charge in [0.05, 0.1) is 17.3 Å². The van der Waals surface area contributed by atoms with Crippen LogP contribution in [0.1, 0.15) is 80.1 Å². The second kappa shape index (κ2) is 23.2. The van der Waals surface area contributed by atoms with Gasteiger partial charge in [-0.15, -0.1) is 0 Å². The van der Waals surface area contributed by atoms with Gasteiger partial charge in [-0.1, -0.05) is 41.5 Å². The zero-order valence-corrected chi connectivity index (χ0v) is 19.0. The van der Waals surface area contributed by atoms with Crippen LogP contribution in [0.3, 0.4) is 0 Å². The summed E-state index contributed by atoms with van der Waals surface area (Å²) >= 11 is 0. The largest absolute Gasteiger partial charge is 0.512 e. The molecule has 0 rings (SSSR count). The molecule has 0 aromatic carbocycles. The van der Waals surface area contributed by atoms with E-state index in [9.17, 15) is 14.4 Å². The molecule has 0 amide bonds. The van der Waals surface area contributed by atoms with E-state index in [1.165, 1.54) is 18.2 Å². The Labute approximate surface area is 179 Å². The zero-order valence-electron chi connectivity index (χ0n) is 17.9. The summed E-state index contributed by atoms with van der Waals surface area (Å²) in [5.74, 6) is 0.448. The van der Waals surface area contributed by atoms with E-state index in [2.05, 4.69) is 0 Å². The van der Waals surface area contributed by atoms with Crippen LogP contribution < -0.4 is 0 Å². The maximum absolute atomic E-state index is 10.5. The Balaban J connectivity index is -0.000000152. The van der Waals surface area contributed by atoms with E-state index in [1.54, 1.807) is 41.5 Å². The van der Waals surface area contributed by atoms with Crippen molar-refractivity contribution in [3.05, 3.63) is 35.5 Å². The number of ketones is 3. The van der Waals surface area contributed by atoms with E-state index < -0.39 is 0 Å². The maximum atomic E-state index is 10.5. The summed E-state index contributed by atoms with van der Waals surface area (Å²) < 4.78 is 0. The van der Waals surface area contributed by atoms with Crippen LogP contribution in [0.15, 0.2) is 35.5 Å². The molecule has 28 heavy (non-hydrogen) atoms. The van der Waals surface area contributed by atoms with Crippen LogP contribution in [0.4, 0.5) is 0 Å². The first-order chi connectivity index (χ1) is 12.6. The number of hydrogen-bond donors (Lipinski definition) is 3. The van der Waals surface area contributed by atoms with Crippen LogP contribution >= 0.6 is 0 Å². The van der Waals surface area contributed by atoms with Crippen molar-refractivity contribution >= 4 is 17.3 Å². The first kappa shape index (κ1) is 33.7. The SMILES string of the molecule is CCC(=O)/C=C(\O)CC.CCC(=O)/C=C(\O)CC.CCC(=O)/C=C(\O)CC.[Fe]. The molecule has 0 aliphatic heterocycles. The molecule has 3 N–H and O–H groups in total. The number of allylic oxidation sites excluding steroid dienone is 6. The van der Waals surface area contributed by atoms with Gasteiger partial charge >= 0.3 is 0 Å². The van der Waals surface area contributed by atoms with E-state index in [4.69, 9.17) is 15.3 Å². The molecule has 0 bridgehead atoms. The van der Waals surface area contributed by atoms with Gasteiger partial charge in [0.15, 0.2) is 17.3 Å². The molecule has 0 saturated carbocycles. The van der Waals surface area contributed by atoms with Crippen LogP contribution in [0.25, 0.3) is 0 Å². The smallest absolute Gasteiger partial charge is 0.158 e. The van der Waals surface area contributed by atoms with Crippen molar-refractivity contribution in [2.75, 3.05) is 0 Å². The Morgan fingerprint density at radius 1 is 0.500 bits per heavy atom. The first-order valence-electron chi connectivity index (χ1n) is 9.38. The van der Waals surface area contributed by atoms with Crippen molar-refractivity contribution in [1.82, 2.24) is 0 Å². The Morgan fingerprint density at radius 2 is 0.679 bits per heavy atom. The molecule has 0 radical (unpaired) electrons. The molecule has 0 atom stereocenters. The van der Waals surface area contributed by atoms with Crippen molar-refractivity contribution in [2.45, 2.75) is 80.1 Å². The van der Waals surface area contributed by atoms with Gasteiger partial charge in [-0.2, -0.15) is 0 Å². The number of carbonyl (C=O) groups excluding carboxylic acids is 3. The Morgan fingerprint density at radius 3 is 0.786 bits per heavy atom. The predicted molar refractivity (Wildman–Crippen MR) is 109 cm³/mol. The second-order valence-corrected chi connectivity index (χ2v) is 5.43. The van der Waals surface area contributed by atoms with Crippen molar-refractivity contribution in [3.8, 4) is 0 Å². The third kappa shape index (κ3) is 26.4. The fourth-order valence-corrected chi connectivity index (χ4v) is 1.17. The maximum Gasteiger partial charge on any atom is 0.158 e. The Hall–Kier alpha value is -1.85. The summed E-state index contributed by atoms with van der Waals surface area (Å²) in [6.45, 7) is 10.7. The van der Waals surface area contributed by atoms with Gasteiger partial charge in [0.1, 0.15) is 0 Å². The number of carbonyl (C=O) groups is 3. The summed E-state index contributed by atoms with van der Waals surface area (Å²) in [6.07, 6.45) is 6.82. The molecule has 0 saturated heterocycles. The van der Waals surface area contributed by atoms with Crippen molar-refractivity contribution in [3.63, 3.8) is 0 Å². The van der Waals surface area contributed by atoms with Gasteiger partial charge in [-0.25, -0.2) is 0 Å². The third-order valence-corrected chi connectivity index (χ3v) is 3.11. The van der Waals surface area contributed by atoms with Crippen LogP contribution in [0.5, 0.6) is 0 Å². The Bertz CT molecular complexity index is 457. The molecule has 0 fully saturated rings. The average molecular weight is 440 g/mol. The van der Waals surface area contributed by atoms with E-state index >= 15 is 0 Å². The molecule has 0 aromatic heterocycles. The quantitative estimate of drug-likeness (QED) is 0.250. The molecule has 0 aliphatic carbocycles. The van der Waals surface area contributed by atoms with Crippen molar-refractivity contribution in [1.29, 1.82) is 0 Å². The van der Waals surface area contributed by atoms with Gasteiger partial charge in [0.25, 0.3) is 0 Å². The second-order valence-electron chi connectivity index (χ2n) is 5.43. The zero-order chi connectivity index (χ0) is 21.8. The number of rotatable bonds is 9. The molecular formula is C21H36FeO6. The predicted octanol–water partition coefficient (Wildman–Crippen LogP) is 5.45. The number of aliphatic hydroxyl groups is 3. The molecule has 0 aromatic rings. The van der Waals surface area contributed by atoms with Crippen LogP contribution in [0.2, 0.25) is 0 Å². The molecule has 0 unspecified atom stereocenters. The van der Waals surface area contributed by atoms with Crippen LogP contribution in [0, 0.1) is 0 Å². The standard InChI is InChI=1S/3C7H12O2.Fe/c3*1-3-6(8)5-7(9)4-2;/h3*5,8H,3-4H2,1-2H3;/b3*6-5-;. The van der Waals surface area contributed by atoms with E-state index in [0.29, 0.717) is 38.5 Å². The minimum Gasteiger partial charge on any atom is -0.512 e. The molecule has 0 spiro atoms. The molecule has 0 heterocycles. The molecule has 6 nitrogen and oxygen atoms in total. The van der Waals surface area contributed by atoms with Gasteiger partial charge < -0.3 is 15.3 Å². The summed E-state index contributed by atoms with van der Waals surface area (Å²) in [4.78, 5) is 31.6. The third-order valence-electron chi connectivity index (χ3n) is 3.11. The van der Waals surface area contributed by atoms with Gasteiger partial charge in [0, 0.05) is 73.8 Å². The minimum atomic E-state index is -0.0191. The average Bonchev–Trinajstić information content (AvgIpc) is 2.67. The summed E-state index contributed by atoms with van der Waals surface area (Å²) in [6, 6.07) is 0. The topological polar surface area (TPSA) is 112 Å². The fraction of sp³-hybridized carbons (Fsp3) is 0.571. The van der Waals surface area contributed by atoms with Gasteiger partial charge in [0.2, 0.25) is 0 Å². The summed E-state index contributed by atoms with van der Waals surface area (Å²) in [5, 5.41) is 26.4. The number of aliphatic hydroxyl groups excluding tert-OH is 3. The van der Waals surface area contributed by atoms with Gasteiger partial charge in [-0.05, 0) is 0 Å². The normalized spacial score (nSPS) is 11.1. The number of hydrogen-bond acceptors (Lipinski definition) is 6.